The number of carbonyl (C=O) groups excluding carboxylic acids is 2. The molecule has 0 spiro atoms. The Labute approximate surface area is 134 Å². The Kier molecular flexibility index (Phi) is 6.62. The van der Waals surface area contributed by atoms with Gasteiger partial charge in [-0.25, -0.2) is 10.2 Å². The second-order valence-corrected chi connectivity index (χ2v) is 4.69. The first-order chi connectivity index (χ1) is 11.2. The fourth-order valence-electron chi connectivity index (χ4n) is 1.74. The van der Waals surface area contributed by atoms with Gasteiger partial charge < -0.3 is 9.47 Å². The molecule has 6 heteroatoms. The van der Waals surface area contributed by atoms with E-state index in [1.54, 1.807) is 0 Å². The molecule has 0 fully saturated rings. The van der Waals surface area contributed by atoms with Gasteiger partial charge in [0.15, 0.2) is 0 Å². The van der Waals surface area contributed by atoms with Crippen molar-refractivity contribution in [2.45, 2.75) is 13.2 Å². The summed E-state index contributed by atoms with van der Waals surface area (Å²) in [4.78, 5) is 22.9. The molecule has 23 heavy (non-hydrogen) atoms. The average molecular weight is 314 g/mol. The molecule has 2 N–H and O–H groups in total. The number of esters is 1. The molecule has 0 unspecified atom stereocenters. The van der Waals surface area contributed by atoms with Gasteiger partial charge in [0, 0.05) is 0 Å². The fraction of sp³-hybridized carbons (Fsp3) is 0.176. The molecule has 0 radical (unpaired) electrons. The minimum atomic E-state index is -0.662. The summed E-state index contributed by atoms with van der Waals surface area (Å²) in [7, 11) is 0. The number of hydrogen-bond acceptors (Lipinski definition) is 5. The van der Waals surface area contributed by atoms with E-state index in [2.05, 4.69) is 10.9 Å². The van der Waals surface area contributed by atoms with Crippen LogP contribution in [0.4, 0.5) is 4.79 Å². The van der Waals surface area contributed by atoms with E-state index >= 15 is 0 Å². The molecule has 1 amide bonds. The summed E-state index contributed by atoms with van der Waals surface area (Å²) >= 11 is 0. The summed E-state index contributed by atoms with van der Waals surface area (Å²) in [6.07, 6.45) is -0.662. The van der Waals surface area contributed by atoms with Crippen molar-refractivity contribution in [3.8, 4) is 0 Å². The maximum absolute atomic E-state index is 11.5. The molecule has 0 aliphatic heterocycles. The second-order valence-electron chi connectivity index (χ2n) is 4.69. The third kappa shape index (κ3) is 6.62. The second kappa shape index (κ2) is 9.22. The zero-order chi connectivity index (χ0) is 16.3. The smallest absolute Gasteiger partial charge is 0.421 e. The summed E-state index contributed by atoms with van der Waals surface area (Å²) < 4.78 is 10.0. The van der Waals surface area contributed by atoms with Gasteiger partial charge in [0.1, 0.15) is 19.8 Å². The Morgan fingerprint density at radius 1 is 0.783 bits per heavy atom. The van der Waals surface area contributed by atoms with E-state index in [-0.39, 0.29) is 19.8 Å². The molecule has 2 aromatic rings. The van der Waals surface area contributed by atoms with Crippen LogP contribution in [-0.4, -0.2) is 18.6 Å². The quantitative estimate of drug-likeness (QED) is 0.605. The molecule has 0 saturated heterocycles. The van der Waals surface area contributed by atoms with Crippen molar-refractivity contribution in [1.82, 2.24) is 10.9 Å². The molecule has 2 rings (SSSR count). The van der Waals surface area contributed by atoms with Gasteiger partial charge in [-0.15, -0.1) is 0 Å². The molecule has 120 valence electrons. The van der Waals surface area contributed by atoms with Gasteiger partial charge in [-0.1, -0.05) is 60.7 Å². The topological polar surface area (TPSA) is 76.7 Å². The third-order valence-electron chi connectivity index (χ3n) is 2.88. The molecule has 0 saturated carbocycles. The molecule has 0 aliphatic carbocycles. The predicted molar refractivity (Wildman–Crippen MR) is 84.0 cm³/mol. The van der Waals surface area contributed by atoms with Crippen LogP contribution >= 0.6 is 0 Å². The van der Waals surface area contributed by atoms with E-state index < -0.39 is 12.1 Å². The van der Waals surface area contributed by atoms with Crippen LogP contribution < -0.4 is 10.9 Å². The van der Waals surface area contributed by atoms with Crippen LogP contribution in [0.15, 0.2) is 60.7 Å². The molecule has 0 atom stereocenters. The van der Waals surface area contributed by atoms with Crippen LogP contribution in [0.2, 0.25) is 0 Å². The number of hydrogen-bond donors (Lipinski definition) is 2. The average Bonchev–Trinajstić information content (AvgIpc) is 2.60. The molecular weight excluding hydrogens is 296 g/mol. The SMILES string of the molecule is O=C(CNNC(=O)OCc1ccccc1)OCc1ccccc1. The highest BCUT2D eigenvalue weighted by Crippen LogP contribution is 2.01. The number of ether oxygens (including phenoxy) is 2. The van der Waals surface area contributed by atoms with Gasteiger partial charge in [-0.2, -0.15) is 0 Å². The molecule has 0 heterocycles. The van der Waals surface area contributed by atoms with Crippen molar-refractivity contribution in [3.05, 3.63) is 71.8 Å². The van der Waals surface area contributed by atoms with Crippen molar-refractivity contribution in [3.63, 3.8) is 0 Å². The highest BCUT2D eigenvalue weighted by Gasteiger charge is 2.05. The Hall–Kier alpha value is -2.86. The standard InChI is InChI=1S/C17H18N2O4/c20-16(22-12-14-7-3-1-4-8-14)11-18-19-17(21)23-13-15-9-5-2-6-10-15/h1-10,18H,11-13H2,(H,19,21). The van der Waals surface area contributed by atoms with Gasteiger partial charge >= 0.3 is 12.1 Å². The first-order valence-corrected chi connectivity index (χ1v) is 7.13. The van der Waals surface area contributed by atoms with Gasteiger partial charge in [0.25, 0.3) is 0 Å². The van der Waals surface area contributed by atoms with E-state index in [0.29, 0.717) is 0 Å². The first kappa shape index (κ1) is 16.5. The van der Waals surface area contributed by atoms with E-state index in [4.69, 9.17) is 9.47 Å². The van der Waals surface area contributed by atoms with Crippen LogP contribution in [-0.2, 0) is 27.5 Å². The Morgan fingerprint density at radius 3 is 1.87 bits per heavy atom. The summed E-state index contributed by atoms with van der Waals surface area (Å²) in [5.41, 5.74) is 6.51. The number of hydrazine groups is 1. The lowest BCUT2D eigenvalue weighted by atomic mass is 10.2. The van der Waals surface area contributed by atoms with Crippen LogP contribution in [0.1, 0.15) is 11.1 Å². The number of carbonyl (C=O) groups is 2. The Bertz CT molecular complexity index is 562. The number of benzene rings is 2. The predicted octanol–water partition coefficient (Wildman–Crippen LogP) is 2.16. The van der Waals surface area contributed by atoms with Gasteiger partial charge in [-0.05, 0) is 11.1 Å². The molecule has 0 aromatic heterocycles. The van der Waals surface area contributed by atoms with Crippen LogP contribution in [0, 0.1) is 0 Å². The number of rotatable bonds is 7. The maximum Gasteiger partial charge on any atom is 0.421 e. The minimum absolute atomic E-state index is 0.146. The minimum Gasteiger partial charge on any atom is -0.460 e. The Morgan fingerprint density at radius 2 is 1.30 bits per heavy atom. The monoisotopic (exact) mass is 314 g/mol. The van der Waals surface area contributed by atoms with E-state index in [1.165, 1.54) is 0 Å². The fourth-order valence-corrected chi connectivity index (χ4v) is 1.74. The van der Waals surface area contributed by atoms with Crippen LogP contribution in [0.5, 0.6) is 0 Å². The van der Waals surface area contributed by atoms with E-state index in [1.807, 2.05) is 60.7 Å². The first-order valence-electron chi connectivity index (χ1n) is 7.13. The van der Waals surface area contributed by atoms with Crippen molar-refractivity contribution in [1.29, 1.82) is 0 Å². The van der Waals surface area contributed by atoms with Gasteiger partial charge in [0.2, 0.25) is 0 Å². The van der Waals surface area contributed by atoms with E-state index in [9.17, 15) is 9.59 Å². The van der Waals surface area contributed by atoms with Crippen molar-refractivity contribution < 1.29 is 19.1 Å². The number of amides is 1. The summed E-state index contributed by atoms with van der Waals surface area (Å²) in [5, 5.41) is 0. The zero-order valence-corrected chi connectivity index (χ0v) is 12.5. The highest BCUT2D eigenvalue weighted by atomic mass is 16.6. The lowest BCUT2D eigenvalue weighted by Crippen LogP contribution is -2.41. The van der Waals surface area contributed by atoms with E-state index in [0.717, 1.165) is 11.1 Å². The summed E-state index contributed by atoms with van der Waals surface area (Å²) in [6, 6.07) is 18.6. The number of nitrogens with one attached hydrogen (secondary N) is 2. The van der Waals surface area contributed by atoms with Crippen molar-refractivity contribution in [2.75, 3.05) is 6.54 Å². The maximum atomic E-state index is 11.5. The highest BCUT2D eigenvalue weighted by molar-refractivity contribution is 5.72. The summed E-state index contributed by atoms with van der Waals surface area (Å²) in [5.74, 6) is -0.475. The molecular formula is C17H18N2O4. The molecule has 2 aromatic carbocycles. The Balaban J connectivity index is 1.57. The largest absolute Gasteiger partial charge is 0.460 e. The normalized spacial score (nSPS) is 9.91. The van der Waals surface area contributed by atoms with Crippen molar-refractivity contribution in [2.24, 2.45) is 0 Å². The molecule has 0 bridgehead atoms. The summed E-state index contributed by atoms with van der Waals surface area (Å²) in [6.45, 7) is 0.208. The van der Waals surface area contributed by atoms with Crippen LogP contribution in [0.3, 0.4) is 0 Å². The molecule has 6 nitrogen and oxygen atoms in total. The van der Waals surface area contributed by atoms with Crippen molar-refractivity contribution >= 4 is 12.1 Å². The van der Waals surface area contributed by atoms with Gasteiger partial charge in [0.05, 0.1) is 0 Å². The van der Waals surface area contributed by atoms with Gasteiger partial charge in [-0.3, -0.25) is 10.2 Å². The van der Waals surface area contributed by atoms with Crippen LogP contribution in [0.25, 0.3) is 0 Å². The third-order valence-corrected chi connectivity index (χ3v) is 2.88. The zero-order valence-electron chi connectivity index (χ0n) is 12.5. The molecule has 0 aliphatic rings. The lowest BCUT2D eigenvalue weighted by Gasteiger charge is -2.08. The lowest BCUT2D eigenvalue weighted by molar-refractivity contribution is -0.143.